The van der Waals surface area contributed by atoms with E-state index in [1.54, 1.807) is 12.1 Å². The van der Waals surface area contributed by atoms with Crippen LogP contribution in [-0.2, 0) is 16.3 Å². The molecule has 6 heteroatoms. The minimum absolute atomic E-state index is 0.225. The fraction of sp³-hybridized carbons (Fsp3) is 0.533. The van der Waals surface area contributed by atoms with Gasteiger partial charge in [-0.3, -0.25) is 0 Å². The fourth-order valence-corrected chi connectivity index (χ4v) is 3.45. The minimum atomic E-state index is -3.30. The Morgan fingerprint density at radius 3 is 2.48 bits per heavy atom. The molecule has 0 aliphatic rings. The zero-order valence-electron chi connectivity index (χ0n) is 12.8. The summed E-state index contributed by atoms with van der Waals surface area (Å²) in [6.07, 6.45) is 1.84. The summed E-state index contributed by atoms with van der Waals surface area (Å²) in [6, 6.07) is 5.53. The van der Waals surface area contributed by atoms with Crippen molar-refractivity contribution >= 4 is 32.5 Å². The Morgan fingerprint density at radius 2 is 1.95 bits per heavy atom. The number of halogens is 1. The van der Waals surface area contributed by atoms with Crippen LogP contribution in [0.15, 0.2) is 23.1 Å². The molecule has 1 aromatic heterocycles. The van der Waals surface area contributed by atoms with E-state index in [0.717, 1.165) is 11.3 Å². The molecule has 2 aromatic rings. The molecule has 0 bridgehead atoms. The molecular weight excluding hydrogens is 308 g/mol. The number of alkyl halides is 1. The van der Waals surface area contributed by atoms with Crippen LogP contribution in [0.5, 0.6) is 0 Å². The van der Waals surface area contributed by atoms with Crippen molar-refractivity contribution in [3.63, 3.8) is 0 Å². The first-order chi connectivity index (χ1) is 9.77. The molecule has 1 heterocycles. The molecule has 0 saturated heterocycles. The molecule has 1 unspecified atom stereocenters. The van der Waals surface area contributed by atoms with Gasteiger partial charge in [0.05, 0.1) is 10.4 Å². The van der Waals surface area contributed by atoms with Crippen molar-refractivity contribution in [3.8, 4) is 0 Å². The standard InChI is InChI=1S/C15H21ClN2O2S/c1-10(2)11(3)18-12-6-5-7-13(21(4,19)20)15(12)17-14(18)8-9-16/h5-7,10-11H,8-9H2,1-4H3. The smallest absolute Gasteiger partial charge is 0.177 e. The number of rotatable bonds is 5. The van der Waals surface area contributed by atoms with Gasteiger partial charge in [-0.05, 0) is 25.0 Å². The van der Waals surface area contributed by atoms with Gasteiger partial charge >= 0.3 is 0 Å². The van der Waals surface area contributed by atoms with Crippen molar-refractivity contribution in [3.05, 3.63) is 24.0 Å². The molecule has 21 heavy (non-hydrogen) atoms. The van der Waals surface area contributed by atoms with Crippen molar-refractivity contribution in [1.29, 1.82) is 0 Å². The molecule has 0 spiro atoms. The van der Waals surface area contributed by atoms with E-state index in [1.165, 1.54) is 6.26 Å². The van der Waals surface area contributed by atoms with E-state index in [4.69, 9.17) is 11.6 Å². The first-order valence-corrected chi connectivity index (χ1v) is 9.45. The highest BCUT2D eigenvalue weighted by atomic mass is 35.5. The van der Waals surface area contributed by atoms with E-state index >= 15 is 0 Å². The van der Waals surface area contributed by atoms with Crippen LogP contribution < -0.4 is 0 Å². The van der Waals surface area contributed by atoms with Crippen LogP contribution in [0.1, 0.15) is 32.6 Å². The highest BCUT2D eigenvalue weighted by Gasteiger charge is 2.22. The van der Waals surface area contributed by atoms with E-state index in [0.29, 0.717) is 23.7 Å². The van der Waals surface area contributed by atoms with Crippen LogP contribution in [0.25, 0.3) is 11.0 Å². The number of fused-ring (bicyclic) bond motifs is 1. The van der Waals surface area contributed by atoms with Gasteiger partial charge in [-0.15, -0.1) is 11.6 Å². The zero-order chi connectivity index (χ0) is 15.8. The molecule has 0 N–H and O–H groups in total. The lowest BCUT2D eigenvalue weighted by Gasteiger charge is -2.21. The molecule has 0 saturated carbocycles. The minimum Gasteiger partial charge on any atom is -0.325 e. The number of para-hydroxylation sites is 1. The maximum atomic E-state index is 12.0. The first-order valence-electron chi connectivity index (χ1n) is 7.03. The van der Waals surface area contributed by atoms with Crippen molar-refractivity contribution in [2.75, 3.05) is 12.1 Å². The Balaban J connectivity index is 2.80. The first kappa shape index (κ1) is 16.3. The third kappa shape index (κ3) is 3.09. The third-order valence-corrected chi connectivity index (χ3v) is 5.16. The number of sulfone groups is 1. The van der Waals surface area contributed by atoms with Gasteiger partial charge in [0.25, 0.3) is 0 Å². The molecular formula is C15H21ClN2O2S. The van der Waals surface area contributed by atoms with Crippen LogP contribution in [0, 0.1) is 5.92 Å². The van der Waals surface area contributed by atoms with Gasteiger partial charge in [0.15, 0.2) is 9.84 Å². The monoisotopic (exact) mass is 328 g/mol. The molecule has 1 atom stereocenters. The topological polar surface area (TPSA) is 52.0 Å². The number of imidazole rings is 1. The van der Waals surface area contributed by atoms with E-state index in [9.17, 15) is 8.42 Å². The van der Waals surface area contributed by atoms with Crippen molar-refractivity contribution in [1.82, 2.24) is 9.55 Å². The highest BCUT2D eigenvalue weighted by Crippen LogP contribution is 2.29. The van der Waals surface area contributed by atoms with Gasteiger partial charge in [0.1, 0.15) is 11.3 Å². The van der Waals surface area contributed by atoms with Gasteiger partial charge in [-0.1, -0.05) is 19.9 Å². The van der Waals surface area contributed by atoms with Gasteiger partial charge in [-0.2, -0.15) is 0 Å². The van der Waals surface area contributed by atoms with Crippen LogP contribution in [0.3, 0.4) is 0 Å². The maximum Gasteiger partial charge on any atom is 0.177 e. The summed E-state index contributed by atoms with van der Waals surface area (Å²) in [5, 5.41) is 0. The SMILES string of the molecule is CC(C)C(C)n1c(CCCl)nc2c(S(C)(=O)=O)cccc21. The Hall–Kier alpha value is -1.07. The second-order valence-corrected chi connectivity index (χ2v) is 8.08. The molecule has 0 aliphatic carbocycles. The average molecular weight is 329 g/mol. The number of benzene rings is 1. The largest absolute Gasteiger partial charge is 0.325 e. The molecule has 0 radical (unpaired) electrons. The molecule has 0 amide bonds. The van der Waals surface area contributed by atoms with E-state index < -0.39 is 9.84 Å². The van der Waals surface area contributed by atoms with Crippen molar-refractivity contribution in [2.24, 2.45) is 5.92 Å². The summed E-state index contributed by atoms with van der Waals surface area (Å²) in [5.41, 5.74) is 1.41. The number of aryl methyl sites for hydroxylation is 1. The summed E-state index contributed by atoms with van der Waals surface area (Å²) < 4.78 is 26.0. The number of hydrogen-bond acceptors (Lipinski definition) is 3. The predicted molar refractivity (Wildman–Crippen MR) is 86.8 cm³/mol. The van der Waals surface area contributed by atoms with Gasteiger partial charge in [0.2, 0.25) is 0 Å². The summed E-state index contributed by atoms with van der Waals surface area (Å²) in [7, 11) is -3.30. The number of nitrogens with zero attached hydrogens (tertiary/aromatic N) is 2. The van der Waals surface area contributed by atoms with Crippen LogP contribution >= 0.6 is 11.6 Å². The number of hydrogen-bond donors (Lipinski definition) is 0. The zero-order valence-corrected chi connectivity index (χ0v) is 14.4. The summed E-state index contributed by atoms with van der Waals surface area (Å²) >= 11 is 5.88. The maximum absolute atomic E-state index is 12.0. The fourth-order valence-electron chi connectivity index (χ4n) is 2.45. The highest BCUT2D eigenvalue weighted by molar-refractivity contribution is 7.91. The normalized spacial score (nSPS) is 14.0. The van der Waals surface area contributed by atoms with Crippen molar-refractivity contribution in [2.45, 2.75) is 38.1 Å². The molecule has 0 aliphatic heterocycles. The lowest BCUT2D eigenvalue weighted by molar-refractivity contribution is 0.407. The second-order valence-electron chi connectivity index (χ2n) is 5.72. The van der Waals surface area contributed by atoms with Crippen LogP contribution in [0.2, 0.25) is 0 Å². The Morgan fingerprint density at radius 1 is 1.29 bits per heavy atom. The van der Waals surface area contributed by atoms with Gasteiger partial charge < -0.3 is 4.57 Å². The van der Waals surface area contributed by atoms with E-state index in [-0.39, 0.29) is 10.9 Å². The predicted octanol–water partition coefficient (Wildman–Crippen LogP) is 3.44. The molecule has 116 valence electrons. The van der Waals surface area contributed by atoms with E-state index in [1.807, 2.05) is 6.07 Å². The second kappa shape index (κ2) is 5.97. The molecule has 4 nitrogen and oxygen atoms in total. The quantitative estimate of drug-likeness (QED) is 0.790. The molecule has 0 fully saturated rings. The average Bonchev–Trinajstić information content (AvgIpc) is 2.74. The van der Waals surface area contributed by atoms with E-state index in [2.05, 4.69) is 30.3 Å². The Labute approximate surface area is 131 Å². The van der Waals surface area contributed by atoms with Gasteiger partial charge in [-0.25, -0.2) is 13.4 Å². The summed E-state index contributed by atoms with van der Waals surface area (Å²) in [4.78, 5) is 4.85. The van der Waals surface area contributed by atoms with Crippen LogP contribution in [-0.4, -0.2) is 30.1 Å². The molecule has 2 rings (SSSR count). The summed E-state index contributed by atoms with van der Waals surface area (Å²) in [5.74, 6) is 1.72. The number of aromatic nitrogens is 2. The lowest BCUT2D eigenvalue weighted by Crippen LogP contribution is -2.15. The third-order valence-electron chi connectivity index (χ3n) is 3.85. The molecule has 1 aromatic carbocycles. The summed E-state index contributed by atoms with van der Waals surface area (Å²) in [6.45, 7) is 6.40. The Kier molecular flexibility index (Phi) is 4.63. The lowest BCUT2D eigenvalue weighted by atomic mass is 10.1. The Bertz CT molecular complexity index is 750. The van der Waals surface area contributed by atoms with Crippen molar-refractivity contribution < 1.29 is 8.42 Å². The van der Waals surface area contributed by atoms with Gasteiger partial charge in [0, 0.05) is 24.6 Å². The van der Waals surface area contributed by atoms with Crippen LogP contribution in [0.4, 0.5) is 0 Å².